The first-order valence-corrected chi connectivity index (χ1v) is 4.65. The Hall–Kier alpha value is 0.430. The molecule has 0 amide bonds. The zero-order valence-corrected chi connectivity index (χ0v) is 7.98. The summed E-state index contributed by atoms with van der Waals surface area (Å²) in [5.41, 5.74) is 0. The maximum atomic E-state index is 10.1. The number of carbonyl (C=O) groups is 1. The number of alkyl halides is 2. The fourth-order valence-electron chi connectivity index (χ4n) is 0.380. The summed E-state index contributed by atoms with van der Waals surface area (Å²) in [4.78, 5) is 9.76. The predicted octanol–water partition coefficient (Wildman–Crippen LogP) is 2.01. The standard InChI is InChI=1S/C5H8Br2O2/c6-3-1-2-4(7)5(8)9/h4H,1-3H2,(H,8,9)/t4-/m0/s1. The molecule has 0 fully saturated rings. The lowest BCUT2D eigenvalue weighted by Crippen LogP contribution is -2.12. The lowest BCUT2D eigenvalue weighted by Gasteiger charge is -1.99. The van der Waals surface area contributed by atoms with Crippen LogP contribution in [0.5, 0.6) is 0 Å². The Balaban J connectivity index is 3.27. The first-order chi connectivity index (χ1) is 4.18. The van der Waals surface area contributed by atoms with Crippen molar-refractivity contribution in [3.63, 3.8) is 0 Å². The Morgan fingerprint density at radius 1 is 1.67 bits per heavy atom. The predicted molar refractivity (Wildman–Crippen MR) is 43.4 cm³/mol. The summed E-state index contributed by atoms with van der Waals surface area (Å²) in [6.45, 7) is 0. The number of hydrogen-bond donors (Lipinski definition) is 1. The van der Waals surface area contributed by atoms with Gasteiger partial charge >= 0.3 is 5.97 Å². The van der Waals surface area contributed by atoms with Gasteiger partial charge in [-0.15, -0.1) is 0 Å². The molecule has 0 heterocycles. The minimum Gasteiger partial charge on any atom is -0.480 e. The van der Waals surface area contributed by atoms with E-state index < -0.39 is 5.97 Å². The van der Waals surface area contributed by atoms with Gasteiger partial charge in [-0.1, -0.05) is 31.9 Å². The van der Waals surface area contributed by atoms with E-state index in [0.717, 1.165) is 11.8 Å². The molecule has 9 heavy (non-hydrogen) atoms. The smallest absolute Gasteiger partial charge is 0.317 e. The number of halogens is 2. The van der Waals surface area contributed by atoms with E-state index in [-0.39, 0.29) is 4.83 Å². The average Bonchev–Trinajstić information content (AvgIpc) is 1.82. The molecule has 0 aromatic rings. The molecule has 0 aliphatic rings. The Morgan fingerprint density at radius 2 is 2.22 bits per heavy atom. The molecule has 1 atom stereocenters. The Bertz CT molecular complexity index is 95.0. The molecule has 2 nitrogen and oxygen atoms in total. The summed E-state index contributed by atoms with van der Waals surface area (Å²) in [7, 11) is 0. The second kappa shape index (κ2) is 5.23. The molecule has 0 bridgehead atoms. The Kier molecular flexibility index (Phi) is 5.48. The van der Waals surface area contributed by atoms with Crippen molar-refractivity contribution in [3.05, 3.63) is 0 Å². The van der Waals surface area contributed by atoms with Gasteiger partial charge in [-0.2, -0.15) is 0 Å². The van der Waals surface area contributed by atoms with Crippen LogP contribution in [0, 0.1) is 0 Å². The molecule has 0 saturated heterocycles. The lowest BCUT2D eigenvalue weighted by atomic mass is 10.2. The lowest BCUT2D eigenvalue weighted by molar-refractivity contribution is -0.136. The van der Waals surface area contributed by atoms with Crippen LogP contribution >= 0.6 is 31.9 Å². The van der Waals surface area contributed by atoms with E-state index in [1.807, 2.05) is 0 Å². The largest absolute Gasteiger partial charge is 0.480 e. The van der Waals surface area contributed by atoms with E-state index in [0.29, 0.717) is 6.42 Å². The highest BCUT2D eigenvalue weighted by Gasteiger charge is 2.10. The van der Waals surface area contributed by atoms with Crippen molar-refractivity contribution >= 4 is 37.8 Å². The molecule has 0 aliphatic carbocycles. The van der Waals surface area contributed by atoms with Crippen molar-refractivity contribution in [2.45, 2.75) is 17.7 Å². The summed E-state index contributed by atoms with van der Waals surface area (Å²) in [6, 6.07) is 0. The Labute approximate surface area is 70.9 Å². The van der Waals surface area contributed by atoms with Gasteiger partial charge in [0.2, 0.25) is 0 Å². The van der Waals surface area contributed by atoms with Crippen LogP contribution in [-0.4, -0.2) is 21.2 Å². The van der Waals surface area contributed by atoms with Crippen LogP contribution in [0.2, 0.25) is 0 Å². The Morgan fingerprint density at radius 3 is 2.56 bits per heavy atom. The second-order valence-electron chi connectivity index (χ2n) is 1.64. The molecular formula is C5H8Br2O2. The molecule has 4 heteroatoms. The molecule has 1 N–H and O–H groups in total. The van der Waals surface area contributed by atoms with E-state index in [9.17, 15) is 4.79 Å². The van der Waals surface area contributed by atoms with Crippen LogP contribution in [0.15, 0.2) is 0 Å². The normalized spacial score (nSPS) is 13.1. The number of hydrogen-bond acceptors (Lipinski definition) is 1. The van der Waals surface area contributed by atoms with Crippen LogP contribution < -0.4 is 0 Å². The summed E-state index contributed by atoms with van der Waals surface area (Å²) < 4.78 is 0. The highest BCUT2D eigenvalue weighted by Crippen LogP contribution is 2.08. The van der Waals surface area contributed by atoms with Crippen molar-refractivity contribution in [3.8, 4) is 0 Å². The van der Waals surface area contributed by atoms with Gasteiger partial charge in [0.05, 0.1) is 0 Å². The average molecular weight is 260 g/mol. The fourth-order valence-corrected chi connectivity index (χ4v) is 1.03. The van der Waals surface area contributed by atoms with Crippen molar-refractivity contribution in [2.24, 2.45) is 0 Å². The molecule has 0 rings (SSSR count). The third kappa shape index (κ3) is 4.90. The number of carboxylic acids is 1. The van der Waals surface area contributed by atoms with Crippen molar-refractivity contribution in [1.29, 1.82) is 0 Å². The van der Waals surface area contributed by atoms with Crippen LogP contribution in [0.25, 0.3) is 0 Å². The number of carboxylic acid groups (broad SMARTS) is 1. The summed E-state index contributed by atoms with van der Waals surface area (Å²) >= 11 is 6.24. The third-order valence-electron chi connectivity index (χ3n) is 0.859. The van der Waals surface area contributed by atoms with Gasteiger partial charge < -0.3 is 5.11 Å². The number of rotatable bonds is 4. The van der Waals surface area contributed by atoms with E-state index >= 15 is 0 Å². The van der Waals surface area contributed by atoms with Gasteiger partial charge in [-0.05, 0) is 12.8 Å². The molecule has 0 unspecified atom stereocenters. The molecule has 0 spiro atoms. The van der Waals surface area contributed by atoms with Gasteiger partial charge in [-0.25, -0.2) is 0 Å². The minimum absolute atomic E-state index is 0.380. The zero-order chi connectivity index (χ0) is 7.28. The SMILES string of the molecule is O=C(O)[C@@H](Br)CCCBr. The van der Waals surface area contributed by atoms with Gasteiger partial charge in [0.1, 0.15) is 4.83 Å². The molecule has 0 aromatic heterocycles. The maximum absolute atomic E-state index is 10.1. The monoisotopic (exact) mass is 258 g/mol. The molecule has 54 valence electrons. The van der Waals surface area contributed by atoms with Gasteiger partial charge in [0.25, 0.3) is 0 Å². The van der Waals surface area contributed by atoms with Crippen molar-refractivity contribution < 1.29 is 9.90 Å². The summed E-state index contributed by atoms with van der Waals surface area (Å²) in [5, 5.41) is 9.21. The molecular weight excluding hydrogens is 252 g/mol. The topological polar surface area (TPSA) is 37.3 Å². The van der Waals surface area contributed by atoms with Crippen LogP contribution in [0.4, 0.5) is 0 Å². The van der Waals surface area contributed by atoms with E-state index in [1.165, 1.54) is 0 Å². The van der Waals surface area contributed by atoms with Crippen LogP contribution in [0.1, 0.15) is 12.8 Å². The van der Waals surface area contributed by atoms with Crippen molar-refractivity contribution in [2.75, 3.05) is 5.33 Å². The maximum Gasteiger partial charge on any atom is 0.317 e. The van der Waals surface area contributed by atoms with E-state index in [1.54, 1.807) is 0 Å². The molecule has 0 saturated carbocycles. The highest BCUT2D eigenvalue weighted by atomic mass is 79.9. The minimum atomic E-state index is -0.782. The van der Waals surface area contributed by atoms with Crippen LogP contribution in [-0.2, 0) is 4.79 Å². The molecule has 0 aromatic carbocycles. The quantitative estimate of drug-likeness (QED) is 0.785. The van der Waals surface area contributed by atoms with Gasteiger partial charge in [-0.3, -0.25) is 4.79 Å². The first kappa shape index (κ1) is 9.43. The van der Waals surface area contributed by atoms with Crippen molar-refractivity contribution in [1.82, 2.24) is 0 Å². The van der Waals surface area contributed by atoms with E-state index in [2.05, 4.69) is 31.9 Å². The molecule has 0 radical (unpaired) electrons. The van der Waals surface area contributed by atoms with E-state index in [4.69, 9.17) is 5.11 Å². The third-order valence-corrected chi connectivity index (χ3v) is 2.27. The van der Waals surface area contributed by atoms with Gasteiger partial charge in [0, 0.05) is 5.33 Å². The zero-order valence-electron chi connectivity index (χ0n) is 4.81. The second-order valence-corrected chi connectivity index (χ2v) is 3.54. The first-order valence-electron chi connectivity index (χ1n) is 2.61. The van der Waals surface area contributed by atoms with Crippen LogP contribution in [0.3, 0.4) is 0 Å². The number of aliphatic carboxylic acids is 1. The highest BCUT2D eigenvalue weighted by molar-refractivity contribution is 9.10. The summed E-state index contributed by atoms with van der Waals surface area (Å²) in [5.74, 6) is -0.782. The van der Waals surface area contributed by atoms with Gasteiger partial charge in [0.15, 0.2) is 0 Å². The fraction of sp³-hybridized carbons (Fsp3) is 0.800. The molecule has 0 aliphatic heterocycles. The summed E-state index contributed by atoms with van der Waals surface area (Å²) in [6.07, 6.45) is 1.57.